The summed E-state index contributed by atoms with van der Waals surface area (Å²) in [5.74, 6) is -0.900. The number of rotatable bonds is 1. The molecule has 0 amide bonds. The van der Waals surface area contributed by atoms with Crippen LogP contribution in [0.2, 0.25) is 0 Å². The third-order valence-corrected chi connectivity index (χ3v) is 1.28. The quantitative estimate of drug-likeness (QED) is 0.553. The van der Waals surface area contributed by atoms with Gasteiger partial charge in [-0.3, -0.25) is 0 Å². The molecule has 1 rings (SSSR count). The zero-order valence-corrected chi connectivity index (χ0v) is 6.35. The molecule has 11 heavy (non-hydrogen) atoms. The lowest BCUT2D eigenvalue weighted by molar-refractivity contribution is -0.671. The zero-order chi connectivity index (χ0) is 7.72. The largest absolute Gasteiger partial charge is 0.870 e. The molecule has 5 nitrogen and oxygen atoms in total. The molecule has 0 aliphatic carbocycles. The van der Waals surface area contributed by atoms with Gasteiger partial charge in [0.2, 0.25) is 6.33 Å². The summed E-state index contributed by atoms with van der Waals surface area (Å²) in [4.78, 5) is 10.4. The van der Waals surface area contributed by atoms with Crippen LogP contribution >= 0.6 is 0 Å². The van der Waals surface area contributed by atoms with E-state index >= 15 is 0 Å². The normalized spacial score (nSPS) is 8.91. The summed E-state index contributed by atoms with van der Waals surface area (Å²) in [5.41, 5.74) is 0.294. The van der Waals surface area contributed by atoms with Gasteiger partial charge in [0, 0.05) is 0 Å². The van der Waals surface area contributed by atoms with Crippen molar-refractivity contribution in [1.82, 2.24) is 4.57 Å². The van der Waals surface area contributed by atoms with Gasteiger partial charge < -0.3 is 10.6 Å². The molecule has 0 aromatic carbocycles. The van der Waals surface area contributed by atoms with Crippen molar-refractivity contribution in [3.63, 3.8) is 0 Å². The molecule has 1 aromatic rings. The molecule has 62 valence electrons. The molecule has 0 atom stereocenters. The summed E-state index contributed by atoms with van der Waals surface area (Å²) in [7, 11) is 3.48. The van der Waals surface area contributed by atoms with Gasteiger partial charge in [0.1, 0.15) is 6.20 Å². The molecule has 0 radical (unpaired) electrons. The Kier molecular flexibility index (Phi) is 2.77. The molecule has 0 spiro atoms. The van der Waals surface area contributed by atoms with Gasteiger partial charge in [-0.2, -0.15) is 0 Å². The van der Waals surface area contributed by atoms with Crippen LogP contribution in [0.4, 0.5) is 0 Å². The average Bonchev–Trinajstić information content (AvgIpc) is 2.10. The molecular weight excluding hydrogens is 148 g/mol. The highest BCUT2D eigenvalue weighted by molar-refractivity contribution is 5.84. The first-order chi connectivity index (χ1) is 4.61. The number of carboxylic acids is 1. The van der Waals surface area contributed by atoms with E-state index in [0.29, 0.717) is 5.69 Å². The number of hydrogen-bond donors (Lipinski definition) is 1. The van der Waals surface area contributed by atoms with Crippen molar-refractivity contribution in [3.8, 4) is 0 Å². The van der Waals surface area contributed by atoms with E-state index in [1.165, 1.54) is 0 Å². The molecule has 0 saturated heterocycles. The first kappa shape index (κ1) is 9.64. The van der Waals surface area contributed by atoms with Crippen LogP contribution in [-0.4, -0.2) is 21.1 Å². The number of imidazole rings is 1. The zero-order valence-electron chi connectivity index (χ0n) is 6.35. The Morgan fingerprint density at radius 2 is 2.27 bits per heavy atom. The second-order valence-corrected chi connectivity index (χ2v) is 2.21. The first-order valence-electron chi connectivity index (χ1n) is 2.86. The van der Waals surface area contributed by atoms with Crippen LogP contribution in [0, 0.1) is 0 Å². The Balaban J connectivity index is 0.000001000. The standard InChI is InChI=1S/C6H8N2O2.H2O/c1-7-3-5(6(9)10)8(2)4-7;/h3-4H,1-2H3;1H2. The van der Waals surface area contributed by atoms with Crippen LogP contribution in [0.3, 0.4) is 0 Å². The Bertz CT molecular complexity index is 267. The highest BCUT2D eigenvalue weighted by atomic mass is 16.4. The molecule has 0 aliphatic heterocycles. The maximum absolute atomic E-state index is 10.4. The second-order valence-electron chi connectivity index (χ2n) is 2.21. The van der Waals surface area contributed by atoms with Crippen molar-refractivity contribution in [3.05, 3.63) is 18.2 Å². The lowest BCUT2D eigenvalue weighted by atomic mass is 10.5. The highest BCUT2D eigenvalue weighted by Crippen LogP contribution is 1.92. The average molecular weight is 158 g/mol. The maximum Gasteiger partial charge on any atom is 0.379 e. The van der Waals surface area contributed by atoms with Gasteiger partial charge in [-0.15, -0.1) is 0 Å². The van der Waals surface area contributed by atoms with Crippen molar-refractivity contribution >= 4 is 5.97 Å². The summed E-state index contributed by atoms with van der Waals surface area (Å²) in [5, 5.41) is 8.54. The Morgan fingerprint density at radius 1 is 1.73 bits per heavy atom. The van der Waals surface area contributed by atoms with Crippen molar-refractivity contribution < 1.29 is 19.9 Å². The summed E-state index contributed by atoms with van der Waals surface area (Å²) in [6, 6.07) is 0. The van der Waals surface area contributed by atoms with Crippen molar-refractivity contribution in [2.24, 2.45) is 14.1 Å². The Labute approximate surface area is 63.8 Å². The fourth-order valence-corrected chi connectivity index (χ4v) is 0.859. The minimum absolute atomic E-state index is 0. The summed E-state index contributed by atoms with van der Waals surface area (Å²) >= 11 is 0. The van der Waals surface area contributed by atoms with Crippen LogP contribution in [0.15, 0.2) is 12.5 Å². The van der Waals surface area contributed by atoms with Crippen LogP contribution < -0.4 is 4.57 Å². The van der Waals surface area contributed by atoms with Crippen LogP contribution in [0.25, 0.3) is 0 Å². The third-order valence-electron chi connectivity index (χ3n) is 1.28. The predicted octanol–water partition coefficient (Wildman–Crippen LogP) is -0.629. The number of aromatic nitrogens is 2. The minimum atomic E-state index is -0.900. The molecule has 1 aromatic heterocycles. The van der Waals surface area contributed by atoms with Gasteiger partial charge in [-0.05, 0) is 0 Å². The number of nitrogens with zero attached hydrogens (tertiary/aromatic N) is 2. The number of aryl methyl sites for hydroxylation is 2. The number of carboxylic acid groups (broad SMARTS) is 1. The van der Waals surface area contributed by atoms with E-state index in [1.807, 2.05) is 0 Å². The van der Waals surface area contributed by atoms with Crippen LogP contribution in [-0.2, 0) is 14.1 Å². The number of aromatic carboxylic acids is 1. The third kappa shape index (κ3) is 1.78. The number of carbonyl (C=O) groups is 1. The van der Waals surface area contributed by atoms with Gasteiger partial charge in [-0.1, -0.05) is 0 Å². The van der Waals surface area contributed by atoms with E-state index in [4.69, 9.17) is 5.11 Å². The van der Waals surface area contributed by atoms with E-state index in [9.17, 15) is 4.79 Å². The van der Waals surface area contributed by atoms with Crippen molar-refractivity contribution in [1.29, 1.82) is 0 Å². The van der Waals surface area contributed by atoms with Crippen molar-refractivity contribution in [2.75, 3.05) is 0 Å². The first-order valence-corrected chi connectivity index (χ1v) is 2.86. The van der Waals surface area contributed by atoms with Gasteiger partial charge in [0.25, 0.3) is 5.69 Å². The topological polar surface area (TPSA) is 76.1 Å². The Hall–Kier alpha value is -1.36. The molecule has 2 N–H and O–H groups in total. The lowest BCUT2D eigenvalue weighted by Crippen LogP contribution is -2.23. The SMILES string of the molecule is Cn1c[n+](C)cc1C(=O)O.[OH-]. The maximum atomic E-state index is 10.4. The van der Waals surface area contributed by atoms with E-state index in [-0.39, 0.29) is 5.48 Å². The van der Waals surface area contributed by atoms with Crippen LogP contribution in [0.5, 0.6) is 0 Å². The smallest absolute Gasteiger partial charge is 0.379 e. The number of hydrogen-bond acceptors (Lipinski definition) is 2. The summed E-state index contributed by atoms with van der Waals surface area (Å²) in [6.45, 7) is 0. The van der Waals surface area contributed by atoms with Gasteiger partial charge in [0.05, 0.1) is 14.1 Å². The van der Waals surface area contributed by atoms with Gasteiger partial charge in [-0.25, -0.2) is 13.9 Å². The van der Waals surface area contributed by atoms with E-state index < -0.39 is 5.97 Å². The second kappa shape index (κ2) is 3.16. The molecule has 1 heterocycles. The molecule has 0 fully saturated rings. The lowest BCUT2D eigenvalue weighted by Gasteiger charge is -1.83. The van der Waals surface area contributed by atoms with Gasteiger partial charge >= 0.3 is 5.97 Å². The molecule has 0 bridgehead atoms. The van der Waals surface area contributed by atoms with Gasteiger partial charge in [0.15, 0.2) is 0 Å². The summed E-state index contributed by atoms with van der Waals surface area (Å²) in [6.07, 6.45) is 3.26. The Morgan fingerprint density at radius 3 is 2.45 bits per heavy atom. The highest BCUT2D eigenvalue weighted by Gasteiger charge is 2.14. The van der Waals surface area contributed by atoms with Crippen LogP contribution in [0.1, 0.15) is 10.5 Å². The van der Waals surface area contributed by atoms with E-state index in [1.54, 1.807) is 35.8 Å². The minimum Gasteiger partial charge on any atom is -0.870 e. The van der Waals surface area contributed by atoms with E-state index in [0.717, 1.165) is 0 Å². The molecule has 5 heteroatoms. The predicted molar refractivity (Wildman–Crippen MR) is 35.5 cm³/mol. The fourth-order valence-electron chi connectivity index (χ4n) is 0.859. The van der Waals surface area contributed by atoms with Crippen molar-refractivity contribution in [2.45, 2.75) is 0 Å². The summed E-state index contributed by atoms with van der Waals surface area (Å²) < 4.78 is 3.26. The monoisotopic (exact) mass is 158 g/mol. The molecule has 0 saturated carbocycles. The van der Waals surface area contributed by atoms with E-state index in [2.05, 4.69) is 0 Å². The molecular formula is C6H10N2O3. The molecule has 0 aliphatic rings. The molecule has 0 unspecified atom stereocenters. The fraction of sp³-hybridized carbons (Fsp3) is 0.333.